The van der Waals surface area contributed by atoms with Crippen LogP contribution in [0.2, 0.25) is 0 Å². The van der Waals surface area contributed by atoms with E-state index in [2.05, 4.69) is 39.7 Å². The molecule has 0 aliphatic heterocycles. The molecule has 1 aromatic carbocycles. The van der Waals surface area contributed by atoms with Crippen LogP contribution in [0.25, 0.3) is 0 Å². The Morgan fingerprint density at radius 3 is 2.71 bits per heavy atom. The lowest BCUT2D eigenvalue weighted by molar-refractivity contribution is 0.827. The summed E-state index contributed by atoms with van der Waals surface area (Å²) in [6, 6.07) is 14.2. The minimum absolute atomic E-state index is 0.592. The Kier molecular flexibility index (Phi) is 5.51. The summed E-state index contributed by atoms with van der Waals surface area (Å²) in [6.07, 6.45) is 1.77. The van der Waals surface area contributed by atoms with Gasteiger partial charge in [-0.25, -0.2) is 4.98 Å². The van der Waals surface area contributed by atoms with Crippen molar-refractivity contribution in [2.24, 2.45) is 0 Å². The average Bonchev–Trinajstić information content (AvgIpc) is 2.48. The van der Waals surface area contributed by atoms with Crippen LogP contribution < -0.4 is 15.5 Å². The van der Waals surface area contributed by atoms with Crippen molar-refractivity contribution in [2.45, 2.75) is 6.92 Å². The molecule has 5 heteroatoms. The van der Waals surface area contributed by atoms with Crippen molar-refractivity contribution in [2.75, 3.05) is 30.4 Å². The summed E-state index contributed by atoms with van der Waals surface area (Å²) in [6.45, 7) is 3.66. The Morgan fingerprint density at radius 1 is 1.24 bits per heavy atom. The van der Waals surface area contributed by atoms with E-state index in [4.69, 9.17) is 12.2 Å². The smallest absolute Gasteiger partial charge is 0.172 e. The van der Waals surface area contributed by atoms with E-state index in [9.17, 15) is 0 Å². The third-order valence-electron chi connectivity index (χ3n) is 3.09. The second kappa shape index (κ2) is 7.59. The molecule has 0 saturated heterocycles. The van der Waals surface area contributed by atoms with Crippen LogP contribution >= 0.6 is 12.2 Å². The molecule has 0 bridgehead atoms. The first-order valence-electron chi connectivity index (χ1n) is 6.89. The van der Waals surface area contributed by atoms with Crippen LogP contribution in [-0.2, 0) is 0 Å². The maximum Gasteiger partial charge on any atom is 0.172 e. The summed E-state index contributed by atoms with van der Waals surface area (Å²) in [7, 11) is 2.07. The number of nitrogens with zero attached hydrogens (tertiary/aromatic N) is 2. The van der Waals surface area contributed by atoms with E-state index in [-0.39, 0.29) is 0 Å². The number of thiocarbonyl (C=S) groups is 1. The zero-order chi connectivity index (χ0) is 15.1. The van der Waals surface area contributed by atoms with E-state index in [1.807, 2.05) is 37.3 Å². The predicted octanol–water partition coefficient (Wildman–Crippen LogP) is 2.81. The molecule has 1 aromatic heterocycles. The first-order valence-corrected chi connectivity index (χ1v) is 7.29. The number of aryl methyl sites for hydroxylation is 1. The molecule has 2 rings (SSSR count). The molecule has 2 aromatic rings. The fourth-order valence-electron chi connectivity index (χ4n) is 1.91. The summed E-state index contributed by atoms with van der Waals surface area (Å²) >= 11 is 5.27. The highest BCUT2D eigenvalue weighted by molar-refractivity contribution is 7.80. The normalized spacial score (nSPS) is 10.0. The van der Waals surface area contributed by atoms with Crippen molar-refractivity contribution in [1.82, 2.24) is 10.3 Å². The van der Waals surface area contributed by atoms with E-state index in [1.165, 1.54) is 5.69 Å². The first kappa shape index (κ1) is 15.3. The van der Waals surface area contributed by atoms with Gasteiger partial charge in [0.05, 0.1) is 0 Å². The summed E-state index contributed by atoms with van der Waals surface area (Å²) < 4.78 is 0. The minimum Gasteiger partial charge on any atom is -0.373 e. The topological polar surface area (TPSA) is 40.2 Å². The van der Waals surface area contributed by atoms with Crippen molar-refractivity contribution >= 4 is 28.8 Å². The van der Waals surface area contributed by atoms with Gasteiger partial charge in [0.25, 0.3) is 0 Å². The van der Waals surface area contributed by atoms with Crippen LogP contribution in [0.4, 0.5) is 11.5 Å². The lowest BCUT2D eigenvalue weighted by Gasteiger charge is -2.20. The zero-order valence-corrected chi connectivity index (χ0v) is 13.2. The molecule has 0 amide bonds. The second-order valence-electron chi connectivity index (χ2n) is 4.86. The minimum atomic E-state index is 0.592. The van der Waals surface area contributed by atoms with Gasteiger partial charge >= 0.3 is 0 Å². The van der Waals surface area contributed by atoms with Crippen LogP contribution in [0.1, 0.15) is 5.56 Å². The third-order valence-corrected chi connectivity index (χ3v) is 3.33. The van der Waals surface area contributed by atoms with Gasteiger partial charge in [-0.2, -0.15) is 0 Å². The van der Waals surface area contributed by atoms with Crippen molar-refractivity contribution in [3.63, 3.8) is 0 Å². The number of pyridine rings is 1. The van der Waals surface area contributed by atoms with Gasteiger partial charge in [0.1, 0.15) is 5.82 Å². The number of aromatic nitrogens is 1. The molecule has 0 radical (unpaired) electrons. The largest absolute Gasteiger partial charge is 0.373 e. The molecule has 21 heavy (non-hydrogen) atoms. The average molecular weight is 300 g/mol. The highest BCUT2D eigenvalue weighted by Gasteiger charge is 2.01. The Bertz CT molecular complexity index is 586. The molecule has 0 atom stereocenters. The summed E-state index contributed by atoms with van der Waals surface area (Å²) in [5.41, 5.74) is 2.35. The van der Waals surface area contributed by atoms with Crippen molar-refractivity contribution < 1.29 is 0 Å². The summed E-state index contributed by atoms with van der Waals surface area (Å²) in [5, 5.41) is 6.87. The fourth-order valence-corrected chi connectivity index (χ4v) is 2.12. The van der Waals surface area contributed by atoms with Crippen molar-refractivity contribution in [3.8, 4) is 0 Å². The number of nitrogens with one attached hydrogen (secondary N) is 2. The van der Waals surface area contributed by atoms with E-state index < -0.39 is 0 Å². The van der Waals surface area contributed by atoms with Crippen LogP contribution in [0.5, 0.6) is 0 Å². The van der Waals surface area contributed by atoms with Crippen LogP contribution in [0.3, 0.4) is 0 Å². The molecule has 1 heterocycles. The van der Waals surface area contributed by atoms with Gasteiger partial charge in [-0.05, 0) is 49.0 Å². The molecule has 110 valence electrons. The van der Waals surface area contributed by atoms with E-state index >= 15 is 0 Å². The second-order valence-corrected chi connectivity index (χ2v) is 5.26. The number of rotatable bonds is 5. The SMILES string of the molecule is Cc1ccnc(NC(=S)NCCN(C)c2ccccc2)c1. The highest BCUT2D eigenvalue weighted by atomic mass is 32.1. The van der Waals surface area contributed by atoms with Gasteiger partial charge in [0.15, 0.2) is 5.11 Å². The van der Waals surface area contributed by atoms with E-state index in [1.54, 1.807) is 6.20 Å². The van der Waals surface area contributed by atoms with Gasteiger partial charge in [0.2, 0.25) is 0 Å². The van der Waals surface area contributed by atoms with Crippen molar-refractivity contribution in [1.29, 1.82) is 0 Å². The number of hydrogen-bond acceptors (Lipinski definition) is 3. The molecule has 0 fully saturated rings. The molecule has 0 saturated carbocycles. The Hall–Kier alpha value is -2.14. The van der Waals surface area contributed by atoms with Crippen LogP contribution in [-0.4, -0.2) is 30.2 Å². The molecule has 0 aliphatic carbocycles. The predicted molar refractivity (Wildman–Crippen MR) is 92.9 cm³/mol. The maximum atomic E-state index is 5.27. The fraction of sp³-hybridized carbons (Fsp3) is 0.250. The van der Waals surface area contributed by atoms with Crippen LogP contribution in [0.15, 0.2) is 48.7 Å². The van der Waals surface area contributed by atoms with Gasteiger partial charge in [0, 0.05) is 32.0 Å². The third kappa shape index (κ3) is 5.04. The van der Waals surface area contributed by atoms with Gasteiger partial charge in [-0.15, -0.1) is 0 Å². The first-order chi connectivity index (χ1) is 10.1. The lowest BCUT2D eigenvalue weighted by atomic mass is 10.3. The standard InChI is InChI=1S/C16H20N4S/c1-13-8-9-17-15(12-13)19-16(21)18-10-11-20(2)14-6-4-3-5-7-14/h3-9,12H,10-11H2,1-2H3,(H2,17,18,19,21). The molecule has 4 nitrogen and oxygen atoms in total. The zero-order valence-electron chi connectivity index (χ0n) is 12.3. The number of hydrogen-bond donors (Lipinski definition) is 2. The van der Waals surface area contributed by atoms with E-state index in [0.29, 0.717) is 5.11 Å². The van der Waals surface area contributed by atoms with E-state index in [0.717, 1.165) is 24.5 Å². The molecule has 0 unspecified atom stereocenters. The Labute approximate surface area is 131 Å². The number of para-hydroxylation sites is 1. The molecule has 2 N–H and O–H groups in total. The maximum absolute atomic E-state index is 5.27. The Morgan fingerprint density at radius 2 is 2.00 bits per heavy atom. The quantitative estimate of drug-likeness (QED) is 0.831. The molecular weight excluding hydrogens is 280 g/mol. The monoisotopic (exact) mass is 300 g/mol. The van der Waals surface area contributed by atoms with Gasteiger partial charge < -0.3 is 15.5 Å². The van der Waals surface area contributed by atoms with Crippen molar-refractivity contribution in [3.05, 3.63) is 54.2 Å². The highest BCUT2D eigenvalue weighted by Crippen LogP contribution is 2.09. The number of benzene rings is 1. The Balaban J connectivity index is 1.74. The molecular formula is C16H20N4S. The van der Waals surface area contributed by atoms with Crippen LogP contribution in [0, 0.1) is 6.92 Å². The number of anilines is 2. The lowest BCUT2D eigenvalue weighted by Crippen LogP contribution is -2.35. The van der Waals surface area contributed by atoms with Gasteiger partial charge in [-0.1, -0.05) is 18.2 Å². The molecule has 0 spiro atoms. The molecule has 0 aliphatic rings. The summed E-state index contributed by atoms with van der Waals surface area (Å²) in [5.74, 6) is 0.768. The summed E-state index contributed by atoms with van der Waals surface area (Å²) in [4.78, 5) is 6.40. The van der Waals surface area contributed by atoms with Gasteiger partial charge in [-0.3, -0.25) is 0 Å². The number of likely N-dealkylation sites (N-methyl/N-ethyl adjacent to an activating group) is 1.